The average molecular weight is 587 g/mol. The average Bonchev–Trinajstić information content (AvgIpc) is 3.34. The molecule has 0 radical (unpaired) electrons. The van der Waals surface area contributed by atoms with Crippen LogP contribution in [0.3, 0.4) is 0 Å². The molecule has 0 aliphatic carbocycles. The van der Waals surface area contributed by atoms with Crippen molar-refractivity contribution in [1.29, 1.82) is 0 Å². The van der Waals surface area contributed by atoms with Crippen LogP contribution < -0.4 is 24.8 Å². The van der Waals surface area contributed by atoms with E-state index in [4.69, 9.17) is 9.47 Å². The molecular formula is C28H38N6O6S. The molecule has 0 bridgehead atoms. The molecule has 13 heteroatoms. The molecule has 222 valence electrons. The maximum Gasteiger partial charge on any atom is 0.414 e. The Bertz CT molecular complexity index is 1550. The number of aryl methyl sites for hydroxylation is 1. The van der Waals surface area contributed by atoms with Gasteiger partial charge in [-0.05, 0) is 60.2 Å². The third kappa shape index (κ3) is 7.82. The normalized spacial score (nSPS) is 12.1. The van der Waals surface area contributed by atoms with Crippen molar-refractivity contribution in [2.75, 3.05) is 26.0 Å². The number of nitrogens with zero attached hydrogens (tertiary/aromatic N) is 3. The fourth-order valence-corrected chi connectivity index (χ4v) is 4.66. The van der Waals surface area contributed by atoms with Crippen molar-refractivity contribution in [3.05, 3.63) is 53.2 Å². The number of hydrogen-bond donors (Lipinski definition) is 3. The van der Waals surface area contributed by atoms with E-state index in [-0.39, 0.29) is 33.2 Å². The fourth-order valence-electron chi connectivity index (χ4n) is 3.72. The van der Waals surface area contributed by atoms with Gasteiger partial charge >= 0.3 is 6.09 Å². The van der Waals surface area contributed by atoms with Gasteiger partial charge in [-0.1, -0.05) is 57.9 Å². The molecule has 41 heavy (non-hydrogen) atoms. The number of carbonyl (C=O) groups excluding carboxylic acids is 2. The van der Waals surface area contributed by atoms with Crippen LogP contribution in [0.5, 0.6) is 11.6 Å². The summed E-state index contributed by atoms with van der Waals surface area (Å²) < 4.78 is 40.0. The number of amides is 2. The molecule has 0 atom stereocenters. The number of aromatic nitrogens is 3. The second-order valence-corrected chi connectivity index (χ2v) is 13.6. The number of hydrogen-bond acceptors (Lipinski definition) is 8. The molecule has 0 fully saturated rings. The van der Waals surface area contributed by atoms with Crippen LogP contribution in [0.2, 0.25) is 0 Å². The van der Waals surface area contributed by atoms with Crippen molar-refractivity contribution in [3.63, 3.8) is 0 Å². The second kappa shape index (κ2) is 11.9. The smallest absolute Gasteiger partial charge is 0.414 e. The summed E-state index contributed by atoms with van der Waals surface area (Å²) in [4.78, 5) is 25.4. The highest BCUT2D eigenvalue weighted by Crippen LogP contribution is 2.38. The zero-order valence-electron chi connectivity index (χ0n) is 24.9. The molecular weight excluding hydrogens is 548 g/mol. The molecule has 0 unspecified atom stereocenters. The zero-order valence-corrected chi connectivity index (χ0v) is 25.7. The van der Waals surface area contributed by atoms with Crippen LogP contribution in [0.15, 0.2) is 41.4 Å². The molecule has 1 aromatic heterocycles. The van der Waals surface area contributed by atoms with Gasteiger partial charge in [0.2, 0.25) is 10.0 Å². The van der Waals surface area contributed by atoms with Crippen LogP contribution >= 0.6 is 0 Å². The van der Waals surface area contributed by atoms with Crippen LogP contribution in [0.4, 0.5) is 10.5 Å². The molecule has 12 nitrogen and oxygen atoms in total. The van der Waals surface area contributed by atoms with Crippen molar-refractivity contribution < 1.29 is 27.5 Å². The van der Waals surface area contributed by atoms with Crippen LogP contribution in [0.25, 0.3) is 5.69 Å². The summed E-state index contributed by atoms with van der Waals surface area (Å²) in [5.41, 5.74) is 1.95. The quantitative estimate of drug-likeness (QED) is 0.355. The first-order valence-corrected chi connectivity index (χ1v) is 14.4. The molecule has 2 aromatic carbocycles. The Hall–Kier alpha value is -3.97. The van der Waals surface area contributed by atoms with Gasteiger partial charge in [0, 0.05) is 12.1 Å². The van der Waals surface area contributed by atoms with Crippen LogP contribution in [-0.2, 0) is 15.4 Å². The number of benzene rings is 2. The maximum atomic E-state index is 13.4. The Labute approximate surface area is 240 Å². The molecule has 1 heterocycles. The Kier molecular flexibility index (Phi) is 9.14. The van der Waals surface area contributed by atoms with Gasteiger partial charge in [-0.25, -0.2) is 22.6 Å². The highest BCUT2D eigenvalue weighted by atomic mass is 32.2. The van der Waals surface area contributed by atoms with Gasteiger partial charge in [0.15, 0.2) is 5.75 Å². The standard InChI is InChI=1S/C28H38N6O6S/c1-17-10-11-18(12-21(17)34-15-23(32-33-34)40-26(36)30-16-27(2,3)4)25(35)31-20-13-19(28(5,6)7)14-22(24(20)39-9)41(37,38)29-8/h10-15,29H,16H2,1-9H3,(H,30,36)(H,31,35). The number of methoxy groups -OCH3 is 1. The SMILES string of the molecule is CNS(=O)(=O)c1cc(C(C)(C)C)cc(NC(=O)c2ccc(C)c(-n3cc(OC(=O)NCC(C)(C)C)nn3)c2)c1OC. The van der Waals surface area contributed by atoms with E-state index in [9.17, 15) is 18.0 Å². The van der Waals surface area contributed by atoms with Gasteiger partial charge in [0.05, 0.1) is 24.7 Å². The summed E-state index contributed by atoms with van der Waals surface area (Å²) >= 11 is 0. The lowest BCUT2D eigenvalue weighted by Gasteiger charge is -2.23. The lowest BCUT2D eigenvalue weighted by Crippen LogP contribution is -2.34. The van der Waals surface area contributed by atoms with Crippen molar-refractivity contribution in [1.82, 2.24) is 25.0 Å². The van der Waals surface area contributed by atoms with E-state index < -0.39 is 27.4 Å². The van der Waals surface area contributed by atoms with E-state index in [1.54, 1.807) is 24.3 Å². The molecule has 0 saturated heterocycles. The van der Waals surface area contributed by atoms with Crippen molar-refractivity contribution in [2.45, 2.75) is 58.8 Å². The fraction of sp³-hybridized carbons (Fsp3) is 0.429. The van der Waals surface area contributed by atoms with Gasteiger partial charge in [-0.15, -0.1) is 0 Å². The van der Waals surface area contributed by atoms with Gasteiger partial charge in [0.25, 0.3) is 11.8 Å². The number of rotatable bonds is 8. The first-order valence-electron chi connectivity index (χ1n) is 12.9. The topological polar surface area (TPSA) is 154 Å². The third-order valence-corrected chi connectivity index (χ3v) is 7.50. The third-order valence-electron chi connectivity index (χ3n) is 6.08. The molecule has 0 spiro atoms. The van der Waals surface area contributed by atoms with Crippen LogP contribution in [0.1, 0.15) is 63.0 Å². The van der Waals surface area contributed by atoms with E-state index in [0.717, 1.165) is 5.56 Å². The van der Waals surface area contributed by atoms with E-state index in [2.05, 4.69) is 25.7 Å². The van der Waals surface area contributed by atoms with Gasteiger partial charge < -0.3 is 20.1 Å². The van der Waals surface area contributed by atoms with Crippen LogP contribution in [-0.4, -0.2) is 56.1 Å². The Morgan fingerprint density at radius 1 is 1.05 bits per heavy atom. The molecule has 3 N–H and O–H groups in total. The molecule has 0 aliphatic heterocycles. The molecule has 3 aromatic rings. The molecule has 3 rings (SSSR count). The predicted octanol–water partition coefficient (Wildman–Crippen LogP) is 4.18. The predicted molar refractivity (Wildman–Crippen MR) is 155 cm³/mol. The van der Waals surface area contributed by atoms with E-state index in [1.807, 2.05) is 48.5 Å². The van der Waals surface area contributed by atoms with Gasteiger partial charge in [0.1, 0.15) is 4.90 Å². The molecule has 0 aliphatic rings. The number of sulfonamides is 1. The van der Waals surface area contributed by atoms with E-state index >= 15 is 0 Å². The number of carbonyl (C=O) groups is 2. The summed E-state index contributed by atoms with van der Waals surface area (Å²) in [5.74, 6) is -0.495. The maximum absolute atomic E-state index is 13.4. The zero-order chi connectivity index (χ0) is 30.8. The monoisotopic (exact) mass is 586 g/mol. The Balaban J connectivity index is 1.93. The summed E-state index contributed by atoms with van der Waals surface area (Å²) in [6.07, 6.45) is 0.786. The highest BCUT2D eigenvalue weighted by molar-refractivity contribution is 7.89. The highest BCUT2D eigenvalue weighted by Gasteiger charge is 2.27. The van der Waals surface area contributed by atoms with Crippen molar-refractivity contribution in [3.8, 4) is 17.3 Å². The van der Waals surface area contributed by atoms with E-state index in [1.165, 1.54) is 31.1 Å². The second-order valence-electron chi connectivity index (χ2n) is 11.8. The van der Waals surface area contributed by atoms with Gasteiger partial charge in [-0.3, -0.25) is 4.79 Å². The minimum absolute atomic E-state index is 0.00679. The van der Waals surface area contributed by atoms with Crippen molar-refractivity contribution in [2.24, 2.45) is 5.41 Å². The Morgan fingerprint density at radius 3 is 2.32 bits per heavy atom. The van der Waals surface area contributed by atoms with Gasteiger partial charge in [-0.2, -0.15) is 0 Å². The first-order chi connectivity index (χ1) is 18.9. The molecule has 0 saturated carbocycles. The minimum Gasteiger partial charge on any atom is -0.493 e. The molecule has 2 amide bonds. The summed E-state index contributed by atoms with van der Waals surface area (Å²) in [6, 6.07) is 8.22. The van der Waals surface area contributed by atoms with E-state index in [0.29, 0.717) is 17.8 Å². The van der Waals surface area contributed by atoms with Crippen LogP contribution in [0, 0.1) is 12.3 Å². The summed E-state index contributed by atoms with van der Waals surface area (Å²) in [5, 5.41) is 13.4. The lowest BCUT2D eigenvalue weighted by atomic mass is 9.86. The lowest BCUT2D eigenvalue weighted by molar-refractivity contribution is 0.102. The minimum atomic E-state index is -3.90. The summed E-state index contributed by atoms with van der Waals surface area (Å²) in [7, 11) is -1.25. The number of anilines is 1. The summed E-state index contributed by atoms with van der Waals surface area (Å²) in [6.45, 7) is 14.0. The van der Waals surface area contributed by atoms with Crippen molar-refractivity contribution >= 4 is 27.7 Å². The number of ether oxygens (including phenoxy) is 2. The largest absolute Gasteiger partial charge is 0.493 e. The number of nitrogens with one attached hydrogen (secondary N) is 3. The first kappa shape index (κ1) is 31.6. The Morgan fingerprint density at radius 2 is 1.73 bits per heavy atom.